The van der Waals surface area contributed by atoms with Crippen molar-refractivity contribution in [3.8, 4) is 22.8 Å². The summed E-state index contributed by atoms with van der Waals surface area (Å²) < 4.78 is 19.6. The van der Waals surface area contributed by atoms with Gasteiger partial charge in [-0.05, 0) is 49.6 Å². The molecule has 0 bridgehead atoms. The molecule has 0 unspecified atom stereocenters. The zero-order valence-corrected chi connectivity index (χ0v) is 13.4. The molecule has 24 heavy (non-hydrogen) atoms. The van der Waals surface area contributed by atoms with Crippen molar-refractivity contribution in [1.82, 2.24) is 10.1 Å². The van der Waals surface area contributed by atoms with Crippen molar-refractivity contribution >= 4 is 5.97 Å². The Bertz CT molecular complexity index is 947. The number of carbonyl (C=O) groups is 1. The molecule has 0 fully saturated rings. The first-order valence-corrected chi connectivity index (χ1v) is 7.33. The number of nitrogens with zero attached hydrogens (tertiary/aromatic N) is 2. The highest BCUT2D eigenvalue weighted by atomic mass is 19.1. The lowest BCUT2D eigenvalue weighted by molar-refractivity contribution is 0.0696. The van der Waals surface area contributed by atoms with Gasteiger partial charge in [0.15, 0.2) is 0 Å². The minimum absolute atomic E-state index is 0.0609. The number of rotatable bonds is 3. The molecular weight excluding hydrogens is 311 g/mol. The summed E-state index contributed by atoms with van der Waals surface area (Å²) in [4.78, 5) is 15.5. The van der Waals surface area contributed by atoms with Gasteiger partial charge in [0, 0.05) is 5.56 Å². The molecule has 0 amide bonds. The van der Waals surface area contributed by atoms with Crippen molar-refractivity contribution < 1.29 is 18.8 Å². The summed E-state index contributed by atoms with van der Waals surface area (Å²) in [6.45, 7) is 5.18. The van der Waals surface area contributed by atoms with Crippen LogP contribution in [0.25, 0.3) is 22.8 Å². The summed E-state index contributed by atoms with van der Waals surface area (Å²) in [7, 11) is 0. The molecular formula is C18H15FN2O3. The summed E-state index contributed by atoms with van der Waals surface area (Å²) in [6.07, 6.45) is 0. The van der Waals surface area contributed by atoms with E-state index in [1.165, 1.54) is 6.07 Å². The second-order valence-corrected chi connectivity index (χ2v) is 5.58. The summed E-state index contributed by atoms with van der Waals surface area (Å²) in [5.41, 5.74) is 2.81. The maximum atomic E-state index is 14.4. The van der Waals surface area contributed by atoms with Crippen LogP contribution >= 0.6 is 0 Å². The van der Waals surface area contributed by atoms with E-state index in [2.05, 4.69) is 10.1 Å². The molecule has 5 nitrogen and oxygen atoms in total. The Hall–Kier alpha value is -3.02. The number of aryl methyl sites for hydroxylation is 1. The molecule has 2 aromatic carbocycles. The molecule has 0 saturated heterocycles. The van der Waals surface area contributed by atoms with E-state index >= 15 is 0 Å². The maximum absolute atomic E-state index is 14.4. The number of carboxylic acids is 1. The van der Waals surface area contributed by atoms with Crippen LogP contribution in [0.3, 0.4) is 0 Å². The first-order valence-electron chi connectivity index (χ1n) is 7.33. The molecule has 0 spiro atoms. The fraction of sp³-hybridized carbons (Fsp3) is 0.167. The number of halogens is 1. The fourth-order valence-electron chi connectivity index (χ4n) is 2.50. The van der Waals surface area contributed by atoms with Crippen LogP contribution in [0.2, 0.25) is 0 Å². The second kappa shape index (κ2) is 5.88. The molecule has 1 aromatic heterocycles. The van der Waals surface area contributed by atoms with E-state index in [4.69, 9.17) is 4.52 Å². The van der Waals surface area contributed by atoms with Crippen molar-refractivity contribution in [3.63, 3.8) is 0 Å². The monoisotopic (exact) mass is 326 g/mol. The number of aromatic carboxylic acids is 1. The number of aromatic nitrogens is 2. The maximum Gasteiger partial charge on any atom is 0.335 e. The van der Waals surface area contributed by atoms with Crippen molar-refractivity contribution in [2.45, 2.75) is 20.8 Å². The third-order valence-corrected chi connectivity index (χ3v) is 4.12. The topological polar surface area (TPSA) is 76.2 Å². The fourth-order valence-corrected chi connectivity index (χ4v) is 2.50. The standard InChI is InChI=1S/C18H15FN2O3/c1-9-7-8-14(15(19)10(9)2)17-20-16(21-24-17)12-5-4-6-13(11(12)3)18(22)23/h4-8H,1-3H3,(H,22,23). The van der Waals surface area contributed by atoms with Gasteiger partial charge < -0.3 is 9.63 Å². The van der Waals surface area contributed by atoms with E-state index < -0.39 is 11.8 Å². The molecule has 1 heterocycles. The number of hydrogen-bond donors (Lipinski definition) is 1. The summed E-state index contributed by atoms with van der Waals surface area (Å²) in [5.74, 6) is -1.14. The van der Waals surface area contributed by atoms with E-state index in [-0.39, 0.29) is 22.8 Å². The highest BCUT2D eigenvalue weighted by Crippen LogP contribution is 2.29. The molecule has 0 atom stereocenters. The molecule has 0 aliphatic carbocycles. The summed E-state index contributed by atoms with van der Waals surface area (Å²) in [5, 5.41) is 13.1. The van der Waals surface area contributed by atoms with Crippen LogP contribution in [0.1, 0.15) is 27.0 Å². The van der Waals surface area contributed by atoms with Gasteiger partial charge in [-0.1, -0.05) is 23.4 Å². The van der Waals surface area contributed by atoms with Crippen LogP contribution in [0.5, 0.6) is 0 Å². The first kappa shape index (κ1) is 15.9. The van der Waals surface area contributed by atoms with Gasteiger partial charge in [-0.3, -0.25) is 0 Å². The Labute approximate surface area is 137 Å². The van der Waals surface area contributed by atoms with Crippen molar-refractivity contribution in [3.05, 3.63) is 58.4 Å². The van der Waals surface area contributed by atoms with Crippen molar-refractivity contribution in [2.24, 2.45) is 0 Å². The quantitative estimate of drug-likeness (QED) is 0.782. The Morgan fingerprint density at radius 3 is 2.54 bits per heavy atom. The van der Waals surface area contributed by atoms with Crippen LogP contribution in [-0.2, 0) is 0 Å². The molecule has 0 radical (unpaired) electrons. The van der Waals surface area contributed by atoms with Gasteiger partial charge in [0.1, 0.15) is 5.82 Å². The molecule has 0 aliphatic heterocycles. The van der Waals surface area contributed by atoms with Gasteiger partial charge in [0.05, 0.1) is 11.1 Å². The largest absolute Gasteiger partial charge is 0.478 e. The van der Waals surface area contributed by atoms with Gasteiger partial charge in [-0.2, -0.15) is 4.98 Å². The molecule has 3 rings (SSSR count). The van der Waals surface area contributed by atoms with Crippen LogP contribution in [0.15, 0.2) is 34.9 Å². The van der Waals surface area contributed by atoms with E-state index in [1.807, 2.05) is 6.92 Å². The van der Waals surface area contributed by atoms with Crippen LogP contribution in [0.4, 0.5) is 4.39 Å². The summed E-state index contributed by atoms with van der Waals surface area (Å²) in [6, 6.07) is 8.19. The Balaban J connectivity index is 2.08. The molecule has 1 N–H and O–H groups in total. The van der Waals surface area contributed by atoms with Crippen molar-refractivity contribution in [2.75, 3.05) is 0 Å². The van der Waals surface area contributed by atoms with Gasteiger partial charge in [-0.25, -0.2) is 9.18 Å². The third-order valence-electron chi connectivity index (χ3n) is 4.12. The van der Waals surface area contributed by atoms with Gasteiger partial charge in [-0.15, -0.1) is 0 Å². The normalized spacial score (nSPS) is 10.8. The van der Waals surface area contributed by atoms with E-state index in [9.17, 15) is 14.3 Å². The molecule has 3 aromatic rings. The number of benzene rings is 2. The molecule has 0 saturated carbocycles. The summed E-state index contributed by atoms with van der Waals surface area (Å²) >= 11 is 0. The number of hydrogen-bond acceptors (Lipinski definition) is 4. The predicted octanol–water partition coefficient (Wildman–Crippen LogP) is 4.17. The van der Waals surface area contributed by atoms with Crippen LogP contribution < -0.4 is 0 Å². The lowest BCUT2D eigenvalue weighted by atomic mass is 10.0. The Kier molecular flexibility index (Phi) is 3.89. The predicted molar refractivity (Wildman–Crippen MR) is 86.3 cm³/mol. The second-order valence-electron chi connectivity index (χ2n) is 5.58. The zero-order chi connectivity index (χ0) is 17.4. The van der Waals surface area contributed by atoms with E-state index in [1.54, 1.807) is 38.1 Å². The Morgan fingerprint density at radius 2 is 1.83 bits per heavy atom. The van der Waals surface area contributed by atoms with Gasteiger partial charge in [0.2, 0.25) is 5.82 Å². The Morgan fingerprint density at radius 1 is 1.08 bits per heavy atom. The van der Waals surface area contributed by atoms with Gasteiger partial charge >= 0.3 is 5.97 Å². The van der Waals surface area contributed by atoms with Crippen LogP contribution in [0, 0.1) is 26.6 Å². The lowest BCUT2D eigenvalue weighted by Gasteiger charge is -2.05. The van der Waals surface area contributed by atoms with Crippen LogP contribution in [-0.4, -0.2) is 21.2 Å². The highest BCUT2D eigenvalue weighted by Gasteiger charge is 2.19. The minimum atomic E-state index is -1.03. The average Bonchev–Trinajstić information content (AvgIpc) is 3.02. The molecule has 0 aliphatic rings. The van der Waals surface area contributed by atoms with Gasteiger partial charge in [0.25, 0.3) is 5.89 Å². The highest BCUT2D eigenvalue weighted by molar-refractivity contribution is 5.91. The van der Waals surface area contributed by atoms with Crippen molar-refractivity contribution in [1.29, 1.82) is 0 Å². The molecule has 6 heteroatoms. The molecule has 122 valence electrons. The zero-order valence-electron chi connectivity index (χ0n) is 13.4. The third kappa shape index (κ3) is 2.56. The average molecular weight is 326 g/mol. The number of carboxylic acid groups (broad SMARTS) is 1. The van der Waals surface area contributed by atoms with E-state index in [0.29, 0.717) is 16.7 Å². The SMILES string of the molecule is Cc1ccc(-c2nc(-c3cccc(C(=O)O)c3C)no2)c(F)c1C. The lowest BCUT2D eigenvalue weighted by Crippen LogP contribution is -2.01. The van der Waals surface area contributed by atoms with E-state index in [0.717, 1.165) is 5.56 Å². The first-order chi connectivity index (χ1) is 11.4. The minimum Gasteiger partial charge on any atom is -0.478 e. The smallest absolute Gasteiger partial charge is 0.335 e.